The lowest BCUT2D eigenvalue weighted by molar-refractivity contribution is -0.155. The third-order valence-electron chi connectivity index (χ3n) is 2.72. The van der Waals surface area contributed by atoms with Gasteiger partial charge in [0.05, 0.1) is 17.9 Å². The number of methoxy groups -OCH3 is 1. The maximum absolute atomic E-state index is 12.0. The molecular formula is C13H17NO5S. The van der Waals surface area contributed by atoms with Crippen LogP contribution in [0.4, 0.5) is 0 Å². The molecule has 1 amide bonds. The summed E-state index contributed by atoms with van der Waals surface area (Å²) in [5.41, 5.74) is 0. The van der Waals surface area contributed by atoms with Crippen molar-refractivity contribution in [3.05, 3.63) is 24.3 Å². The maximum Gasteiger partial charge on any atom is 0.394 e. The SMILES string of the molecule is CCN(CCS(=O)c1ccc(OC)cc1)C(=O)C(=O)O. The van der Waals surface area contributed by atoms with E-state index < -0.39 is 22.7 Å². The van der Waals surface area contributed by atoms with E-state index in [9.17, 15) is 13.8 Å². The van der Waals surface area contributed by atoms with E-state index in [1.807, 2.05) is 0 Å². The number of likely N-dealkylation sites (N-methyl/N-ethyl adjacent to an activating group) is 1. The summed E-state index contributed by atoms with van der Waals surface area (Å²) in [4.78, 5) is 23.7. The molecule has 0 fully saturated rings. The number of ether oxygens (including phenoxy) is 1. The molecule has 1 rings (SSSR count). The lowest BCUT2D eigenvalue weighted by atomic mass is 10.3. The Kier molecular flexibility index (Phi) is 6.17. The number of benzene rings is 1. The molecular weight excluding hydrogens is 282 g/mol. The number of rotatable bonds is 6. The predicted octanol–water partition coefficient (Wildman–Crippen LogP) is 0.736. The fraction of sp³-hybridized carbons (Fsp3) is 0.385. The minimum atomic E-state index is -1.50. The minimum absolute atomic E-state index is 0.139. The highest BCUT2D eigenvalue weighted by atomic mass is 32.2. The summed E-state index contributed by atoms with van der Waals surface area (Å²) in [6, 6.07) is 6.77. The van der Waals surface area contributed by atoms with Gasteiger partial charge in [0.25, 0.3) is 0 Å². The molecule has 0 aliphatic heterocycles. The van der Waals surface area contributed by atoms with Gasteiger partial charge in [-0.15, -0.1) is 0 Å². The highest BCUT2D eigenvalue weighted by Crippen LogP contribution is 2.14. The van der Waals surface area contributed by atoms with E-state index in [1.165, 1.54) is 0 Å². The Balaban J connectivity index is 2.61. The van der Waals surface area contributed by atoms with E-state index in [1.54, 1.807) is 38.3 Å². The van der Waals surface area contributed by atoms with Gasteiger partial charge in [0.1, 0.15) is 5.75 Å². The smallest absolute Gasteiger partial charge is 0.394 e. The van der Waals surface area contributed by atoms with Crippen LogP contribution in [0.15, 0.2) is 29.2 Å². The summed E-state index contributed by atoms with van der Waals surface area (Å²) in [6.07, 6.45) is 0. The Labute approximate surface area is 119 Å². The first-order valence-electron chi connectivity index (χ1n) is 6.04. The van der Waals surface area contributed by atoms with Crippen molar-refractivity contribution in [2.24, 2.45) is 0 Å². The van der Waals surface area contributed by atoms with Gasteiger partial charge in [0, 0.05) is 23.7 Å². The van der Waals surface area contributed by atoms with Crippen LogP contribution in [0.3, 0.4) is 0 Å². The number of carbonyl (C=O) groups is 2. The van der Waals surface area contributed by atoms with Gasteiger partial charge in [0.15, 0.2) is 0 Å². The molecule has 0 aromatic heterocycles. The van der Waals surface area contributed by atoms with Gasteiger partial charge >= 0.3 is 11.9 Å². The van der Waals surface area contributed by atoms with Gasteiger partial charge in [0.2, 0.25) is 0 Å². The quantitative estimate of drug-likeness (QED) is 0.783. The van der Waals surface area contributed by atoms with Gasteiger partial charge < -0.3 is 14.7 Å². The summed E-state index contributed by atoms with van der Waals surface area (Å²) < 4.78 is 17.0. The van der Waals surface area contributed by atoms with Gasteiger partial charge in [-0.2, -0.15) is 0 Å². The van der Waals surface area contributed by atoms with Crippen molar-refractivity contribution >= 4 is 22.7 Å². The topological polar surface area (TPSA) is 83.9 Å². The second kappa shape index (κ2) is 7.64. The molecule has 110 valence electrons. The lowest BCUT2D eigenvalue weighted by Gasteiger charge is -2.18. The lowest BCUT2D eigenvalue weighted by Crippen LogP contribution is -2.38. The van der Waals surface area contributed by atoms with Gasteiger partial charge in [-0.1, -0.05) is 0 Å². The molecule has 1 unspecified atom stereocenters. The fourth-order valence-corrected chi connectivity index (χ4v) is 2.64. The monoisotopic (exact) mass is 299 g/mol. The first kappa shape index (κ1) is 16.2. The molecule has 20 heavy (non-hydrogen) atoms. The molecule has 6 nitrogen and oxygen atoms in total. The van der Waals surface area contributed by atoms with Crippen LogP contribution < -0.4 is 4.74 Å². The van der Waals surface area contributed by atoms with Crippen molar-refractivity contribution in [2.45, 2.75) is 11.8 Å². The molecule has 0 saturated heterocycles. The highest BCUT2D eigenvalue weighted by molar-refractivity contribution is 7.85. The minimum Gasteiger partial charge on any atom is -0.497 e. The van der Waals surface area contributed by atoms with Gasteiger partial charge in [-0.3, -0.25) is 9.00 Å². The molecule has 0 spiro atoms. The molecule has 1 aromatic carbocycles. The van der Waals surface area contributed by atoms with E-state index in [4.69, 9.17) is 9.84 Å². The van der Waals surface area contributed by atoms with Crippen LogP contribution in [0.5, 0.6) is 5.75 Å². The molecule has 1 N–H and O–H groups in total. The largest absolute Gasteiger partial charge is 0.497 e. The van der Waals surface area contributed by atoms with Crippen LogP contribution in [0.1, 0.15) is 6.92 Å². The number of amides is 1. The molecule has 0 aliphatic rings. The average Bonchev–Trinajstić information content (AvgIpc) is 2.47. The normalized spacial score (nSPS) is 11.7. The van der Waals surface area contributed by atoms with Gasteiger partial charge in [-0.05, 0) is 31.2 Å². The Hall–Kier alpha value is -1.89. The van der Waals surface area contributed by atoms with Crippen LogP contribution in [-0.4, -0.2) is 52.0 Å². The van der Waals surface area contributed by atoms with Crippen molar-refractivity contribution in [2.75, 3.05) is 26.0 Å². The maximum atomic E-state index is 12.0. The summed E-state index contributed by atoms with van der Waals surface area (Å²) in [5.74, 6) is -1.61. The molecule has 1 aromatic rings. The van der Waals surface area contributed by atoms with Crippen molar-refractivity contribution in [3.63, 3.8) is 0 Å². The molecule has 0 radical (unpaired) electrons. The number of hydrogen-bond donors (Lipinski definition) is 1. The molecule has 0 bridgehead atoms. The van der Waals surface area contributed by atoms with Crippen LogP contribution in [0.2, 0.25) is 0 Å². The van der Waals surface area contributed by atoms with E-state index >= 15 is 0 Å². The van der Waals surface area contributed by atoms with Gasteiger partial charge in [-0.25, -0.2) is 4.79 Å². The molecule has 7 heteroatoms. The zero-order valence-electron chi connectivity index (χ0n) is 11.4. The van der Waals surface area contributed by atoms with Crippen LogP contribution in [0, 0.1) is 0 Å². The zero-order chi connectivity index (χ0) is 15.1. The Morgan fingerprint density at radius 3 is 2.35 bits per heavy atom. The Morgan fingerprint density at radius 2 is 1.90 bits per heavy atom. The first-order valence-corrected chi connectivity index (χ1v) is 7.36. The van der Waals surface area contributed by atoms with E-state index in [-0.39, 0.29) is 18.8 Å². The van der Waals surface area contributed by atoms with E-state index in [0.29, 0.717) is 10.6 Å². The van der Waals surface area contributed by atoms with Crippen molar-refractivity contribution in [1.82, 2.24) is 4.90 Å². The number of nitrogens with zero attached hydrogens (tertiary/aromatic N) is 1. The standard InChI is InChI=1S/C13H17NO5S/c1-3-14(12(15)13(16)17)8-9-20(18)11-6-4-10(19-2)5-7-11/h4-7H,3,8-9H2,1-2H3,(H,16,17). The van der Waals surface area contributed by atoms with E-state index in [2.05, 4.69) is 0 Å². The molecule has 0 aliphatic carbocycles. The summed E-state index contributed by atoms with van der Waals surface area (Å²) in [7, 11) is 0.256. The third-order valence-corrected chi connectivity index (χ3v) is 4.07. The van der Waals surface area contributed by atoms with Crippen molar-refractivity contribution in [1.29, 1.82) is 0 Å². The van der Waals surface area contributed by atoms with Crippen LogP contribution >= 0.6 is 0 Å². The first-order chi connectivity index (χ1) is 9.49. The third kappa shape index (κ3) is 4.34. The Morgan fingerprint density at radius 1 is 1.30 bits per heavy atom. The zero-order valence-corrected chi connectivity index (χ0v) is 12.2. The Bertz CT molecular complexity index is 500. The number of carbonyl (C=O) groups excluding carboxylic acids is 1. The fourth-order valence-electron chi connectivity index (χ4n) is 1.58. The molecule has 0 saturated carbocycles. The number of carboxylic acid groups (broad SMARTS) is 1. The number of aliphatic carboxylic acids is 1. The summed E-state index contributed by atoms with van der Waals surface area (Å²) in [6.45, 7) is 2.09. The van der Waals surface area contributed by atoms with Crippen LogP contribution in [-0.2, 0) is 20.4 Å². The predicted molar refractivity (Wildman–Crippen MR) is 74.2 cm³/mol. The summed E-state index contributed by atoms with van der Waals surface area (Å²) >= 11 is 0. The van der Waals surface area contributed by atoms with E-state index in [0.717, 1.165) is 4.90 Å². The van der Waals surface area contributed by atoms with Crippen molar-refractivity contribution in [3.8, 4) is 5.75 Å². The van der Waals surface area contributed by atoms with Crippen molar-refractivity contribution < 1.29 is 23.6 Å². The van der Waals surface area contributed by atoms with Crippen LogP contribution in [0.25, 0.3) is 0 Å². The molecule has 0 heterocycles. The second-order valence-electron chi connectivity index (χ2n) is 3.92. The summed E-state index contributed by atoms with van der Waals surface area (Å²) in [5, 5.41) is 8.64. The average molecular weight is 299 g/mol. The molecule has 1 atom stereocenters. The highest BCUT2D eigenvalue weighted by Gasteiger charge is 2.19. The number of carboxylic acids is 1. The second-order valence-corrected chi connectivity index (χ2v) is 5.49. The number of hydrogen-bond acceptors (Lipinski definition) is 4.